The molecule has 0 radical (unpaired) electrons. The number of nitrogens with zero attached hydrogens (tertiary/aromatic N) is 6. The molecule has 6 aromatic rings. The third-order valence-electron chi connectivity index (χ3n) is 8.31. The number of carbonyl (C=O) groups excluding carboxylic acids is 2. The first-order chi connectivity index (χ1) is 24.5. The number of rotatable bonds is 8. The first kappa shape index (κ1) is 38.0. The van der Waals surface area contributed by atoms with Crippen LogP contribution in [-0.2, 0) is 20.4 Å². The van der Waals surface area contributed by atoms with Gasteiger partial charge in [-0.2, -0.15) is 20.4 Å². The molecule has 0 saturated heterocycles. The number of benzene rings is 2. The third-order valence-corrected chi connectivity index (χ3v) is 8.78. The van der Waals surface area contributed by atoms with Crippen LogP contribution < -0.4 is 10.6 Å². The smallest absolute Gasteiger partial charge is 0.234 e. The van der Waals surface area contributed by atoms with Gasteiger partial charge < -0.3 is 10.6 Å². The molecular formula is C38H44Cl2N10O2. The second-order valence-corrected chi connectivity index (χ2v) is 15.5. The van der Waals surface area contributed by atoms with E-state index in [1.807, 2.05) is 86.9 Å². The molecule has 2 aromatic carbocycles. The van der Waals surface area contributed by atoms with Crippen molar-refractivity contribution in [3.63, 3.8) is 0 Å². The molecule has 2 atom stereocenters. The number of H-pyrrole nitrogens is 2. The Labute approximate surface area is 313 Å². The lowest BCUT2D eigenvalue weighted by atomic mass is 9.92. The summed E-state index contributed by atoms with van der Waals surface area (Å²) >= 11 is 12.0. The first-order valence-corrected chi connectivity index (χ1v) is 17.6. The van der Waals surface area contributed by atoms with Crippen molar-refractivity contribution in [2.75, 3.05) is 10.6 Å². The highest BCUT2D eigenvalue weighted by Crippen LogP contribution is 2.25. The van der Waals surface area contributed by atoms with Crippen molar-refractivity contribution in [3.05, 3.63) is 118 Å². The van der Waals surface area contributed by atoms with Crippen LogP contribution >= 0.6 is 23.2 Å². The Balaban J connectivity index is 0.000000201. The van der Waals surface area contributed by atoms with Crippen molar-refractivity contribution in [1.29, 1.82) is 0 Å². The SMILES string of the molecule is C[C@H](C(=O)Nc1cc(C(C)(C)C)[nH]n1)c1ccn(-c2cccc(Cl)c2)n1.C[C@H](C(=O)Nc1cc(C(C)(C)C)[nH]n1)c1ccn(-c2cccc(Cl)c2)n1. The highest BCUT2D eigenvalue weighted by atomic mass is 35.5. The van der Waals surface area contributed by atoms with E-state index in [-0.39, 0.29) is 22.6 Å². The minimum absolute atomic E-state index is 0.0582. The zero-order valence-electron chi connectivity index (χ0n) is 30.5. The summed E-state index contributed by atoms with van der Waals surface area (Å²) in [4.78, 5) is 25.1. The van der Waals surface area contributed by atoms with Gasteiger partial charge in [-0.25, -0.2) is 9.36 Å². The fourth-order valence-corrected chi connectivity index (χ4v) is 5.31. The fraction of sp³-hybridized carbons (Fsp3) is 0.316. The maximum atomic E-state index is 12.5. The minimum Gasteiger partial charge on any atom is -0.309 e. The van der Waals surface area contributed by atoms with Gasteiger partial charge in [0.25, 0.3) is 0 Å². The lowest BCUT2D eigenvalue weighted by Gasteiger charge is -2.14. The van der Waals surface area contributed by atoms with Gasteiger partial charge >= 0.3 is 0 Å². The zero-order valence-corrected chi connectivity index (χ0v) is 32.0. The van der Waals surface area contributed by atoms with Gasteiger partial charge in [-0.1, -0.05) is 76.9 Å². The molecule has 4 N–H and O–H groups in total. The number of hydrogen-bond acceptors (Lipinski definition) is 6. The number of amides is 2. The average molecular weight is 744 g/mol. The molecule has 0 fully saturated rings. The van der Waals surface area contributed by atoms with Crippen LogP contribution in [0.4, 0.5) is 11.6 Å². The largest absolute Gasteiger partial charge is 0.309 e. The fourth-order valence-electron chi connectivity index (χ4n) is 4.94. The Morgan fingerprint density at radius 3 is 1.35 bits per heavy atom. The van der Waals surface area contributed by atoms with E-state index in [4.69, 9.17) is 23.2 Å². The Morgan fingerprint density at radius 2 is 1.02 bits per heavy atom. The molecule has 52 heavy (non-hydrogen) atoms. The molecule has 14 heteroatoms. The van der Waals surface area contributed by atoms with Crippen LogP contribution in [0.5, 0.6) is 0 Å². The lowest BCUT2D eigenvalue weighted by molar-refractivity contribution is -0.118. The molecule has 0 aliphatic rings. The average Bonchev–Trinajstić information content (AvgIpc) is 3.91. The van der Waals surface area contributed by atoms with Crippen LogP contribution in [0.2, 0.25) is 10.0 Å². The lowest BCUT2D eigenvalue weighted by Crippen LogP contribution is -2.19. The zero-order chi connectivity index (χ0) is 37.8. The molecule has 0 spiro atoms. The van der Waals surface area contributed by atoms with Gasteiger partial charge in [0.1, 0.15) is 0 Å². The van der Waals surface area contributed by atoms with Gasteiger partial charge in [0.2, 0.25) is 11.8 Å². The van der Waals surface area contributed by atoms with E-state index >= 15 is 0 Å². The van der Waals surface area contributed by atoms with Crippen LogP contribution in [0.3, 0.4) is 0 Å². The molecule has 4 heterocycles. The number of hydrogen-bond donors (Lipinski definition) is 4. The van der Waals surface area contributed by atoms with E-state index < -0.39 is 11.8 Å². The van der Waals surface area contributed by atoms with Crippen molar-refractivity contribution in [2.24, 2.45) is 0 Å². The number of nitrogens with one attached hydrogen (secondary N) is 4. The van der Waals surface area contributed by atoms with E-state index in [9.17, 15) is 9.59 Å². The summed E-state index contributed by atoms with van der Waals surface area (Å²) in [7, 11) is 0. The Kier molecular flexibility index (Phi) is 11.4. The topological polar surface area (TPSA) is 151 Å². The summed E-state index contributed by atoms with van der Waals surface area (Å²) in [5.74, 6) is -0.112. The third kappa shape index (κ3) is 9.56. The monoisotopic (exact) mass is 742 g/mol. The molecule has 0 aliphatic carbocycles. The van der Waals surface area contributed by atoms with Crippen LogP contribution in [-0.4, -0.2) is 51.8 Å². The van der Waals surface area contributed by atoms with Gasteiger partial charge in [0, 0.05) is 56.8 Å². The van der Waals surface area contributed by atoms with Gasteiger partial charge in [-0.15, -0.1) is 0 Å². The molecule has 0 unspecified atom stereocenters. The quantitative estimate of drug-likeness (QED) is 0.123. The van der Waals surface area contributed by atoms with Crippen molar-refractivity contribution < 1.29 is 9.59 Å². The highest BCUT2D eigenvalue weighted by Gasteiger charge is 2.23. The molecule has 12 nitrogen and oxygen atoms in total. The van der Waals surface area contributed by atoms with Crippen molar-refractivity contribution in [1.82, 2.24) is 40.0 Å². The van der Waals surface area contributed by atoms with Crippen LogP contribution in [0.15, 0.2) is 85.2 Å². The number of halogens is 2. The number of carbonyl (C=O) groups is 2. The normalized spacial score (nSPS) is 12.8. The molecule has 0 saturated carbocycles. The van der Waals surface area contributed by atoms with Crippen molar-refractivity contribution in [2.45, 2.75) is 78.1 Å². The summed E-state index contributed by atoms with van der Waals surface area (Å²) < 4.78 is 3.41. The van der Waals surface area contributed by atoms with Crippen LogP contribution in [0, 0.1) is 0 Å². The summed E-state index contributed by atoms with van der Waals surface area (Å²) in [6.45, 7) is 16.1. The Morgan fingerprint density at radius 1 is 0.635 bits per heavy atom. The van der Waals surface area contributed by atoms with Gasteiger partial charge in [0.05, 0.1) is 34.6 Å². The van der Waals surface area contributed by atoms with Crippen molar-refractivity contribution >= 4 is 46.7 Å². The molecule has 0 aliphatic heterocycles. The second-order valence-electron chi connectivity index (χ2n) is 14.6. The van der Waals surface area contributed by atoms with Crippen molar-refractivity contribution in [3.8, 4) is 11.4 Å². The highest BCUT2D eigenvalue weighted by molar-refractivity contribution is 6.31. The molecule has 272 valence electrons. The predicted molar refractivity (Wildman–Crippen MR) is 206 cm³/mol. The summed E-state index contributed by atoms with van der Waals surface area (Å²) in [5.41, 5.74) is 4.85. The van der Waals surface area contributed by atoms with Gasteiger partial charge in [-0.05, 0) is 62.4 Å². The first-order valence-electron chi connectivity index (χ1n) is 16.8. The Bertz CT molecular complexity index is 2000. The van der Waals surface area contributed by atoms with E-state index in [0.717, 1.165) is 22.8 Å². The van der Waals surface area contributed by atoms with Crippen LogP contribution in [0.1, 0.15) is 90.0 Å². The minimum atomic E-state index is -0.412. The summed E-state index contributed by atoms with van der Waals surface area (Å²) in [6, 6.07) is 22.2. The molecule has 4 aromatic heterocycles. The van der Waals surface area contributed by atoms with E-state index in [2.05, 4.69) is 82.8 Å². The number of aromatic nitrogens is 8. The number of anilines is 2. The summed E-state index contributed by atoms with van der Waals surface area (Å²) in [5, 5.41) is 30.2. The molecule has 2 amide bonds. The predicted octanol–water partition coefficient (Wildman–Crippen LogP) is 8.58. The molecular weight excluding hydrogens is 699 g/mol. The van der Waals surface area contributed by atoms with E-state index in [0.29, 0.717) is 33.1 Å². The maximum absolute atomic E-state index is 12.5. The Hall–Kier alpha value is -5.20. The second kappa shape index (κ2) is 15.6. The number of aromatic amines is 2. The van der Waals surface area contributed by atoms with Crippen LogP contribution in [0.25, 0.3) is 11.4 Å². The van der Waals surface area contributed by atoms with Gasteiger partial charge in [-0.3, -0.25) is 19.8 Å². The summed E-state index contributed by atoms with van der Waals surface area (Å²) in [6.07, 6.45) is 3.63. The standard InChI is InChI=1S/2C19H22ClN5O/c2*1-12(18(26)21-17-11-16(22-23-17)19(2,3)4)15-8-9-25(24-15)14-7-5-6-13(20)10-14/h2*5-12H,1-4H3,(H2,21,22,23,26)/t2*12-/m00/s1. The van der Waals surface area contributed by atoms with E-state index in [1.54, 1.807) is 21.5 Å². The van der Waals surface area contributed by atoms with E-state index in [1.165, 1.54) is 0 Å². The van der Waals surface area contributed by atoms with Gasteiger partial charge in [0.15, 0.2) is 11.6 Å². The molecule has 6 rings (SSSR count). The maximum Gasteiger partial charge on any atom is 0.234 e. The molecule has 0 bridgehead atoms.